The van der Waals surface area contributed by atoms with Crippen LogP contribution in [0.25, 0.3) is 0 Å². The number of benzene rings is 1. The van der Waals surface area contributed by atoms with Crippen molar-refractivity contribution in [3.8, 4) is 5.75 Å². The van der Waals surface area contributed by atoms with Crippen LogP contribution in [0.2, 0.25) is 0 Å². The molecule has 0 bridgehead atoms. The summed E-state index contributed by atoms with van der Waals surface area (Å²) in [4.78, 5) is 15.7. The van der Waals surface area contributed by atoms with Crippen LogP contribution in [0.15, 0.2) is 28.7 Å². The topological polar surface area (TPSA) is 34.0 Å². The zero-order chi connectivity index (χ0) is 15.2. The predicted octanol–water partition coefficient (Wildman–Crippen LogP) is 1.35. The molecule has 1 fully saturated rings. The van der Waals surface area contributed by atoms with Gasteiger partial charge in [0.1, 0.15) is 5.75 Å². The molecule has 0 saturated carbocycles. The first kappa shape index (κ1) is 16.3. The van der Waals surface area contributed by atoms with Crippen molar-refractivity contribution in [3.63, 3.8) is 0 Å². The fourth-order valence-electron chi connectivity index (χ4n) is 2.59. The lowest BCUT2D eigenvalue weighted by atomic mass is 10.2. The molecule has 0 unspecified atom stereocenters. The van der Waals surface area contributed by atoms with Crippen molar-refractivity contribution in [1.29, 1.82) is 0 Å². The maximum atomic E-state index is 12.2. The molecule has 0 aliphatic carbocycles. The van der Waals surface area contributed by atoms with Crippen LogP contribution < -0.4 is 9.64 Å². The lowest BCUT2D eigenvalue weighted by Crippen LogP contribution is -3.17. The van der Waals surface area contributed by atoms with Crippen LogP contribution in [0.1, 0.15) is 20.3 Å². The highest BCUT2D eigenvalue weighted by Crippen LogP contribution is 2.16. The molecule has 1 aliphatic rings. The van der Waals surface area contributed by atoms with Gasteiger partial charge in [0.25, 0.3) is 5.91 Å². The van der Waals surface area contributed by atoms with E-state index in [9.17, 15) is 4.79 Å². The molecule has 1 N–H and O–H groups in total. The summed E-state index contributed by atoms with van der Waals surface area (Å²) in [5.41, 5.74) is 0. The van der Waals surface area contributed by atoms with Crippen molar-refractivity contribution in [2.45, 2.75) is 26.3 Å². The number of piperazine rings is 1. The Balaban J connectivity index is 1.76. The number of nitrogens with zero attached hydrogens (tertiary/aromatic N) is 1. The van der Waals surface area contributed by atoms with Crippen LogP contribution >= 0.6 is 15.9 Å². The summed E-state index contributed by atoms with van der Waals surface area (Å²) in [7, 11) is 0. The molecule has 1 aliphatic heterocycles. The molecule has 1 aromatic carbocycles. The second kappa shape index (κ2) is 7.80. The summed E-state index contributed by atoms with van der Waals surface area (Å²) in [6, 6.07) is 8.23. The maximum Gasteiger partial charge on any atom is 0.260 e. The van der Waals surface area contributed by atoms with Gasteiger partial charge >= 0.3 is 0 Å². The number of carbonyl (C=O) groups is 1. The number of halogens is 1. The fourth-order valence-corrected chi connectivity index (χ4v) is 2.86. The highest BCUT2D eigenvalue weighted by molar-refractivity contribution is 9.10. The van der Waals surface area contributed by atoms with Gasteiger partial charge in [0.15, 0.2) is 6.61 Å². The van der Waals surface area contributed by atoms with Crippen LogP contribution in [0.3, 0.4) is 0 Å². The van der Waals surface area contributed by atoms with E-state index in [-0.39, 0.29) is 12.5 Å². The summed E-state index contributed by atoms with van der Waals surface area (Å²) in [6.45, 7) is 8.38. The molecular weight excluding hydrogens is 332 g/mol. The summed E-state index contributed by atoms with van der Waals surface area (Å²) in [6.07, 6.45) is 1.19. The van der Waals surface area contributed by atoms with Crippen molar-refractivity contribution in [2.24, 2.45) is 0 Å². The van der Waals surface area contributed by atoms with E-state index in [0.717, 1.165) is 36.4 Å². The number of quaternary nitrogens is 1. The highest BCUT2D eigenvalue weighted by Gasteiger charge is 2.26. The molecule has 0 aromatic heterocycles. The van der Waals surface area contributed by atoms with Gasteiger partial charge in [0.05, 0.1) is 32.2 Å². The van der Waals surface area contributed by atoms with Crippen molar-refractivity contribution < 1.29 is 14.4 Å². The standard InChI is InChI=1S/C16H23BrN2O2/c1-3-13(2)18-8-10-19(11-9-18)16(20)12-21-15-6-4-14(17)5-7-15/h4-7,13H,3,8-12H2,1-2H3/p+1/t13-/m0/s1. The molecule has 1 atom stereocenters. The average molecular weight is 356 g/mol. The van der Waals surface area contributed by atoms with E-state index < -0.39 is 0 Å². The number of nitrogens with one attached hydrogen (secondary N) is 1. The highest BCUT2D eigenvalue weighted by atomic mass is 79.9. The molecule has 21 heavy (non-hydrogen) atoms. The van der Waals surface area contributed by atoms with E-state index in [1.165, 1.54) is 6.42 Å². The number of amides is 1. The van der Waals surface area contributed by atoms with Gasteiger partial charge in [-0.2, -0.15) is 0 Å². The zero-order valence-corrected chi connectivity index (χ0v) is 14.4. The monoisotopic (exact) mass is 355 g/mol. The Morgan fingerprint density at radius 2 is 1.95 bits per heavy atom. The van der Waals surface area contributed by atoms with Crippen LogP contribution in [-0.2, 0) is 4.79 Å². The van der Waals surface area contributed by atoms with Crippen LogP contribution in [-0.4, -0.2) is 49.6 Å². The Labute approximate surface area is 135 Å². The number of ether oxygens (including phenoxy) is 1. The third-order valence-corrected chi connectivity index (χ3v) is 4.77. The maximum absolute atomic E-state index is 12.2. The lowest BCUT2D eigenvalue weighted by Gasteiger charge is -2.35. The Morgan fingerprint density at radius 3 is 2.52 bits per heavy atom. The van der Waals surface area contributed by atoms with Gasteiger partial charge in [-0.15, -0.1) is 0 Å². The van der Waals surface area contributed by atoms with Crippen LogP contribution in [0.4, 0.5) is 0 Å². The molecular formula is C16H24BrN2O2+. The first-order valence-corrected chi connectivity index (χ1v) is 8.40. The number of rotatable bonds is 5. The number of hydrogen-bond donors (Lipinski definition) is 1. The van der Waals surface area contributed by atoms with Crippen molar-refractivity contribution in [1.82, 2.24) is 4.90 Å². The molecule has 1 saturated heterocycles. The minimum absolute atomic E-state index is 0.0844. The summed E-state index contributed by atoms with van der Waals surface area (Å²) in [5.74, 6) is 0.816. The van der Waals surface area contributed by atoms with E-state index in [0.29, 0.717) is 6.04 Å². The summed E-state index contributed by atoms with van der Waals surface area (Å²) < 4.78 is 6.56. The number of carbonyl (C=O) groups excluding carboxylic acids is 1. The molecule has 1 heterocycles. The van der Waals surface area contributed by atoms with Crippen molar-refractivity contribution >= 4 is 21.8 Å². The molecule has 4 nitrogen and oxygen atoms in total. The van der Waals surface area contributed by atoms with Gasteiger partial charge in [-0.25, -0.2) is 0 Å². The van der Waals surface area contributed by atoms with Crippen molar-refractivity contribution in [2.75, 3.05) is 32.8 Å². The van der Waals surface area contributed by atoms with Crippen molar-refractivity contribution in [3.05, 3.63) is 28.7 Å². The van der Waals surface area contributed by atoms with E-state index in [1.54, 1.807) is 4.90 Å². The second-order valence-corrected chi connectivity index (χ2v) is 6.51. The fraction of sp³-hybridized carbons (Fsp3) is 0.562. The summed E-state index contributed by atoms with van der Waals surface area (Å²) in [5, 5.41) is 0. The predicted molar refractivity (Wildman–Crippen MR) is 86.7 cm³/mol. The molecule has 116 valence electrons. The normalized spacial score (nSPS) is 17.6. The summed E-state index contributed by atoms with van der Waals surface area (Å²) >= 11 is 3.38. The van der Waals surface area contributed by atoms with Crippen LogP contribution in [0, 0.1) is 0 Å². The van der Waals surface area contributed by atoms with Gasteiger partial charge < -0.3 is 14.5 Å². The Hall–Kier alpha value is -1.07. The third kappa shape index (κ3) is 4.71. The molecule has 1 aromatic rings. The third-order valence-electron chi connectivity index (χ3n) is 4.24. The first-order chi connectivity index (χ1) is 10.1. The molecule has 5 heteroatoms. The van der Waals surface area contributed by atoms with E-state index in [2.05, 4.69) is 29.8 Å². The molecule has 0 radical (unpaired) electrons. The van der Waals surface area contributed by atoms with E-state index >= 15 is 0 Å². The number of hydrogen-bond acceptors (Lipinski definition) is 2. The smallest absolute Gasteiger partial charge is 0.260 e. The Bertz CT molecular complexity index is 456. The minimum Gasteiger partial charge on any atom is -0.484 e. The first-order valence-electron chi connectivity index (χ1n) is 7.61. The van der Waals surface area contributed by atoms with Crippen LogP contribution in [0.5, 0.6) is 5.75 Å². The second-order valence-electron chi connectivity index (χ2n) is 5.59. The lowest BCUT2D eigenvalue weighted by molar-refractivity contribution is -0.927. The molecule has 1 amide bonds. The Kier molecular flexibility index (Phi) is 6.06. The van der Waals surface area contributed by atoms with Gasteiger partial charge in [-0.05, 0) is 37.6 Å². The van der Waals surface area contributed by atoms with Gasteiger partial charge in [-0.3, -0.25) is 4.79 Å². The van der Waals surface area contributed by atoms with Gasteiger partial charge in [0.2, 0.25) is 0 Å². The van der Waals surface area contributed by atoms with Gasteiger partial charge in [0, 0.05) is 4.47 Å². The zero-order valence-electron chi connectivity index (χ0n) is 12.8. The quantitative estimate of drug-likeness (QED) is 0.864. The SMILES string of the molecule is CC[C@H](C)[NH+]1CCN(C(=O)COc2ccc(Br)cc2)CC1. The minimum atomic E-state index is 0.0844. The van der Waals surface area contributed by atoms with E-state index in [1.807, 2.05) is 29.2 Å². The Morgan fingerprint density at radius 1 is 1.33 bits per heavy atom. The molecule has 2 rings (SSSR count). The molecule has 0 spiro atoms. The van der Waals surface area contributed by atoms with E-state index in [4.69, 9.17) is 4.74 Å². The largest absolute Gasteiger partial charge is 0.484 e. The van der Waals surface area contributed by atoms with Gasteiger partial charge in [-0.1, -0.05) is 22.9 Å². The average Bonchev–Trinajstić information content (AvgIpc) is 2.53.